The predicted octanol–water partition coefficient (Wildman–Crippen LogP) is 3.73. The van der Waals surface area contributed by atoms with Gasteiger partial charge in [0.2, 0.25) is 0 Å². The molecular formula is C18H23ClN6. The zero-order valence-corrected chi connectivity index (χ0v) is 15.6. The number of tetrazole rings is 1. The number of H-pyrrole nitrogens is 1. The Morgan fingerprint density at radius 2 is 2.20 bits per heavy atom. The highest BCUT2D eigenvalue weighted by Gasteiger charge is 2.25. The number of halogens is 1. The van der Waals surface area contributed by atoms with E-state index in [0.717, 1.165) is 35.6 Å². The highest BCUT2D eigenvalue weighted by atomic mass is 35.5. The molecule has 2 aromatic heterocycles. The van der Waals surface area contributed by atoms with Crippen LogP contribution in [0.3, 0.4) is 0 Å². The molecule has 2 N–H and O–H groups in total. The normalized spacial score (nSPS) is 17.8. The molecule has 1 unspecified atom stereocenters. The maximum atomic E-state index is 6.18. The van der Waals surface area contributed by atoms with E-state index in [4.69, 9.17) is 11.6 Å². The standard InChI is InChI=1S/C18H23ClN6/c1-18(2,3)25-23-16(22-24-25)10-20-15-6-4-5-12-13-9-11(19)7-8-14(13)21-17(12)15/h7-9,15,20-21H,4-6,10H2,1-3H3. The number of aromatic amines is 1. The van der Waals surface area contributed by atoms with Crippen molar-refractivity contribution in [3.8, 4) is 0 Å². The molecular weight excluding hydrogens is 336 g/mol. The van der Waals surface area contributed by atoms with Crippen LogP contribution in [-0.2, 0) is 18.5 Å². The van der Waals surface area contributed by atoms with E-state index in [2.05, 4.69) is 58.6 Å². The van der Waals surface area contributed by atoms with Crippen molar-refractivity contribution in [2.45, 2.75) is 58.2 Å². The summed E-state index contributed by atoms with van der Waals surface area (Å²) in [4.78, 5) is 5.24. The van der Waals surface area contributed by atoms with Crippen molar-refractivity contribution in [1.82, 2.24) is 30.5 Å². The minimum absolute atomic E-state index is 0.153. The summed E-state index contributed by atoms with van der Waals surface area (Å²) in [5.74, 6) is 0.723. The molecule has 3 aromatic rings. The van der Waals surface area contributed by atoms with Gasteiger partial charge in [0, 0.05) is 27.7 Å². The van der Waals surface area contributed by atoms with E-state index in [0.29, 0.717) is 6.54 Å². The molecule has 7 heteroatoms. The lowest BCUT2D eigenvalue weighted by atomic mass is 9.91. The maximum Gasteiger partial charge on any atom is 0.188 e. The van der Waals surface area contributed by atoms with Crippen LogP contribution in [-0.4, -0.2) is 25.2 Å². The zero-order valence-electron chi connectivity index (χ0n) is 14.8. The van der Waals surface area contributed by atoms with Gasteiger partial charge in [0.1, 0.15) is 0 Å². The fourth-order valence-corrected chi connectivity index (χ4v) is 3.62. The lowest BCUT2D eigenvalue weighted by Gasteiger charge is -2.23. The molecule has 1 aliphatic rings. The average molecular weight is 359 g/mol. The number of hydrogen-bond donors (Lipinski definition) is 2. The van der Waals surface area contributed by atoms with Crippen LogP contribution in [0.2, 0.25) is 5.02 Å². The Morgan fingerprint density at radius 3 is 2.96 bits per heavy atom. The number of nitrogens with one attached hydrogen (secondary N) is 2. The van der Waals surface area contributed by atoms with E-state index in [-0.39, 0.29) is 11.6 Å². The van der Waals surface area contributed by atoms with Crippen molar-refractivity contribution < 1.29 is 0 Å². The number of benzene rings is 1. The molecule has 1 aromatic carbocycles. The van der Waals surface area contributed by atoms with Crippen molar-refractivity contribution in [1.29, 1.82) is 0 Å². The summed E-state index contributed by atoms with van der Waals surface area (Å²) in [7, 11) is 0. The molecule has 1 aliphatic carbocycles. The van der Waals surface area contributed by atoms with Gasteiger partial charge in [0.25, 0.3) is 0 Å². The largest absolute Gasteiger partial charge is 0.357 e. The number of nitrogens with zero attached hydrogens (tertiary/aromatic N) is 4. The molecule has 0 bridgehead atoms. The monoisotopic (exact) mass is 358 g/mol. The molecule has 0 amide bonds. The summed E-state index contributed by atoms with van der Waals surface area (Å²) in [6.07, 6.45) is 3.35. The van der Waals surface area contributed by atoms with Gasteiger partial charge in [-0.25, -0.2) is 0 Å². The van der Waals surface area contributed by atoms with E-state index < -0.39 is 0 Å². The fraction of sp³-hybridized carbons (Fsp3) is 0.500. The van der Waals surface area contributed by atoms with Gasteiger partial charge >= 0.3 is 0 Å². The van der Waals surface area contributed by atoms with E-state index in [1.165, 1.54) is 16.6 Å². The van der Waals surface area contributed by atoms with E-state index in [1.807, 2.05) is 6.07 Å². The lowest BCUT2D eigenvalue weighted by molar-refractivity contribution is 0.304. The Labute approximate surface area is 151 Å². The molecule has 2 heterocycles. The van der Waals surface area contributed by atoms with Gasteiger partial charge in [-0.15, -0.1) is 10.2 Å². The molecule has 0 aliphatic heterocycles. The molecule has 0 saturated heterocycles. The molecule has 0 spiro atoms. The lowest BCUT2D eigenvalue weighted by Crippen LogP contribution is -2.26. The number of hydrogen-bond acceptors (Lipinski definition) is 4. The topological polar surface area (TPSA) is 71.4 Å². The zero-order chi connectivity index (χ0) is 17.6. The quantitative estimate of drug-likeness (QED) is 0.748. The second-order valence-corrected chi connectivity index (χ2v) is 8.14. The Hall–Kier alpha value is -1.92. The van der Waals surface area contributed by atoms with Gasteiger partial charge < -0.3 is 10.3 Å². The van der Waals surface area contributed by atoms with Gasteiger partial charge in [0.05, 0.1) is 12.1 Å². The van der Waals surface area contributed by atoms with Gasteiger partial charge in [-0.3, -0.25) is 0 Å². The van der Waals surface area contributed by atoms with Crippen LogP contribution in [0.4, 0.5) is 0 Å². The van der Waals surface area contributed by atoms with Crippen LogP contribution < -0.4 is 5.32 Å². The van der Waals surface area contributed by atoms with Crippen LogP contribution in [0.1, 0.15) is 56.7 Å². The van der Waals surface area contributed by atoms with Crippen molar-refractivity contribution in [3.63, 3.8) is 0 Å². The molecule has 0 radical (unpaired) electrons. The molecule has 4 rings (SSSR count). The Kier molecular flexibility index (Phi) is 4.04. The summed E-state index contributed by atoms with van der Waals surface area (Å²) < 4.78 is 0. The number of rotatable bonds is 3. The molecule has 132 valence electrons. The first-order chi connectivity index (χ1) is 11.9. The molecule has 6 nitrogen and oxygen atoms in total. The van der Waals surface area contributed by atoms with Crippen LogP contribution in [0.25, 0.3) is 10.9 Å². The smallest absolute Gasteiger partial charge is 0.188 e. The second-order valence-electron chi connectivity index (χ2n) is 7.70. The average Bonchev–Trinajstić information content (AvgIpc) is 3.17. The van der Waals surface area contributed by atoms with E-state index in [9.17, 15) is 0 Å². The minimum Gasteiger partial charge on any atom is -0.357 e. The van der Waals surface area contributed by atoms with Crippen LogP contribution >= 0.6 is 11.6 Å². The summed E-state index contributed by atoms with van der Waals surface area (Å²) >= 11 is 6.18. The first-order valence-electron chi connectivity index (χ1n) is 8.74. The first kappa shape index (κ1) is 16.5. The van der Waals surface area contributed by atoms with Gasteiger partial charge in [-0.1, -0.05) is 11.6 Å². The summed E-state index contributed by atoms with van der Waals surface area (Å²) in [5.41, 5.74) is 3.65. The van der Waals surface area contributed by atoms with Gasteiger partial charge in [-0.2, -0.15) is 4.80 Å². The highest BCUT2D eigenvalue weighted by Crippen LogP contribution is 2.35. The Balaban J connectivity index is 1.55. The Bertz CT molecular complexity index is 904. The molecule has 25 heavy (non-hydrogen) atoms. The third-order valence-electron chi connectivity index (χ3n) is 4.73. The first-order valence-corrected chi connectivity index (χ1v) is 9.12. The number of fused-ring (bicyclic) bond motifs is 3. The number of aromatic nitrogens is 5. The van der Waals surface area contributed by atoms with Crippen LogP contribution in [0, 0.1) is 0 Å². The van der Waals surface area contributed by atoms with Gasteiger partial charge in [0.15, 0.2) is 5.82 Å². The van der Waals surface area contributed by atoms with E-state index in [1.54, 1.807) is 4.80 Å². The SMILES string of the molecule is CC(C)(C)n1nnc(CNC2CCCc3c2[nH]c2ccc(Cl)cc32)n1. The number of aryl methyl sites for hydroxylation is 1. The third-order valence-corrected chi connectivity index (χ3v) is 4.97. The van der Waals surface area contributed by atoms with Crippen molar-refractivity contribution in [2.24, 2.45) is 0 Å². The second kappa shape index (κ2) is 6.11. The van der Waals surface area contributed by atoms with E-state index >= 15 is 0 Å². The minimum atomic E-state index is -0.153. The predicted molar refractivity (Wildman–Crippen MR) is 98.6 cm³/mol. The van der Waals surface area contributed by atoms with Gasteiger partial charge in [-0.05, 0) is 69.0 Å². The Morgan fingerprint density at radius 1 is 1.36 bits per heavy atom. The maximum absolute atomic E-state index is 6.18. The molecule has 0 fully saturated rings. The molecule has 1 atom stereocenters. The summed E-state index contributed by atoms with van der Waals surface area (Å²) in [6.45, 7) is 6.80. The van der Waals surface area contributed by atoms with Crippen LogP contribution in [0.15, 0.2) is 18.2 Å². The molecule has 0 saturated carbocycles. The highest BCUT2D eigenvalue weighted by molar-refractivity contribution is 6.31. The fourth-order valence-electron chi connectivity index (χ4n) is 3.45. The van der Waals surface area contributed by atoms with Crippen LogP contribution in [0.5, 0.6) is 0 Å². The summed E-state index contributed by atoms with van der Waals surface area (Å²) in [6, 6.07) is 6.33. The van der Waals surface area contributed by atoms with Crippen molar-refractivity contribution in [3.05, 3.63) is 40.3 Å². The summed E-state index contributed by atoms with van der Waals surface area (Å²) in [5, 5.41) is 18.4. The third kappa shape index (κ3) is 3.16. The van der Waals surface area contributed by atoms with Crippen molar-refractivity contribution >= 4 is 22.5 Å². The van der Waals surface area contributed by atoms with Crippen molar-refractivity contribution in [2.75, 3.05) is 0 Å².